The number of anilines is 1. The maximum absolute atomic E-state index is 14.1. The molecule has 5 rings (SSSR count). The third-order valence-electron chi connectivity index (χ3n) is 6.13. The van der Waals surface area contributed by atoms with Gasteiger partial charge in [-0.25, -0.2) is 4.39 Å². The maximum Gasteiger partial charge on any atom is 0.295 e. The third kappa shape index (κ3) is 4.17. The fourth-order valence-electron chi connectivity index (χ4n) is 4.57. The topological polar surface area (TPSA) is 78.2 Å². The Bertz CT molecular complexity index is 1580. The first kappa shape index (κ1) is 24.6. The van der Waals surface area contributed by atoms with Gasteiger partial charge < -0.3 is 18.6 Å². The van der Waals surface area contributed by atoms with Gasteiger partial charge in [-0.3, -0.25) is 14.5 Å². The van der Waals surface area contributed by atoms with E-state index in [0.29, 0.717) is 41.7 Å². The SMILES string of the molecule is CCOc1ccc(C2c3c(oc4ccc(F)cc4c3=O)C(=O)N2c2ccc(OC)c(Cl)c2)cc1OCC. The van der Waals surface area contributed by atoms with Crippen LogP contribution in [-0.2, 0) is 0 Å². The molecule has 1 aliphatic heterocycles. The monoisotopic (exact) mass is 523 g/mol. The van der Waals surface area contributed by atoms with Crippen LogP contribution in [0.5, 0.6) is 17.2 Å². The minimum Gasteiger partial charge on any atom is -0.495 e. The Morgan fingerprint density at radius 3 is 2.38 bits per heavy atom. The zero-order chi connectivity index (χ0) is 26.3. The van der Waals surface area contributed by atoms with Crippen molar-refractivity contribution < 1.29 is 27.8 Å². The number of ether oxygens (including phenoxy) is 3. The summed E-state index contributed by atoms with van der Waals surface area (Å²) in [7, 11) is 1.49. The van der Waals surface area contributed by atoms with E-state index < -0.39 is 23.2 Å². The van der Waals surface area contributed by atoms with Gasteiger partial charge in [0.15, 0.2) is 16.9 Å². The standard InChI is InChI=1S/C28H23ClFNO6/c1-4-35-22-9-6-15(12-23(22)36-5-2)25-24-26(32)18-13-16(30)7-10-20(18)37-27(24)28(33)31(25)17-8-11-21(34-3)19(29)14-17/h6-14,25H,4-5H2,1-3H3. The molecule has 0 spiro atoms. The Morgan fingerprint density at radius 1 is 0.946 bits per heavy atom. The Balaban J connectivity index is 1.78. The number of hydrogen-bond acceptors (Lipinski definition) is 6. The molecule has 0 saturated heterocycles. The molecule has 9 heteroatoms. The highest BCUT2D eigenvalue weighted by atomic mass is 35.5. The van der Waals surface area contributed by atoms with Crippen LogP contribution in [0.4, 0.5) is 10.1 Å². The minimum atomic E-state index is -0.897. The van der Waals surface area contributed by atoms with E-state index in [-0.39, 0.29) is 27.3 Å². The number of rotatable bonds is 7. The molecule has 1 atom stereocenters. The summed E-state index contributed by atoms with van der Waals surface area (Å²) in [6.45, 7) is 4.52. The lowest BCUT2D eigenvalue weighted by Crippen LogP contribution is -2.29. The Labute approximate surface area is 216 Å². The van der Waals surface area contributed by atoms with Crippen LogP contribution in [0.3, 0.4) is 0 Å². The summed E-state index contributed by atoms with van der Waals surface area (Å²) in [5.41, 5.74) is 0.723. The van der Waals surface area contributed by atoms with Crippen LogP contribution in [0.1, 0.15) is 41.6 Å². The van der Waals surface area contributed by atoms with Gasteiger partial charge in [-0.1, -0.05) is 17.7 Å². The fraction of sp³-hybridized carbons (Fsp3) is 0.214. The highest BCUT2D eigenvalue weighted by molar-refractivity contribution is 6.32. The fourth-order valence-corrected chi connectivity index (χ4v) is 4.82. The molecule has 7 nitrogen and oxygen atoms in total. The second-order valence-corrected chi connectivity index (χ2v) is 8.69. The molecule has 0 radical (unpaired) electrons. The van der Waals surface area contributed by atoms with Crippen LogP contribution < -0.4 is 24.5 Å². The van der Waals surface area contributed by atoms with Crippen molar-refractivity contribution in [2.75, 3.05) is 25.2 Å². The maximum atomic E-state index is 14.1. The van der Waals surface area contributed by atoms with Crippen LogP contribution >= 0.6 is 11.6 Å². The lowest BCUT2D eigenvalue weighted by Gasteiger charge is -2.26. The van der Waals surface area contributed by atoms with E-state index in [4.69, 9.17) is 30.2 Å². The molecule has 190 valence electrons. The Kier molecular flexibility index (Phi) is 6.52. The number of carbonyl (C=O) groups is 1. The summed E-state index contributed by atoms with van der Waals surface area (Å²) in [5, 5.41) is 0.331. The number of nitrogens with zero attached hydrogens (tertiary/aromatic N) is 1. The smallest absolute Gasteiger partial charge is 0.295 e. The molecule has 3 aromatic carbocycles. The van der Waals surface area contributed by atoms with Gasteiger partial charge in [0, 0.05) is 5.69 Å². The number of benzene rings is 3. The summed E-state index contributed by atoms with van der Waals surface area (Å²) < 4.78 is 36.7. The highest BCUT2D eigenvalue weighted by Crippen LogP contribution is 2.44. The van der Waals surface area contributed by atoms with Crippen molar-refractivity contribution in [2.24, 2.45) is 0 Å². The van der Waals surface area contributed by atoms with Gasteiger partial charge in [0.05, 0.1) is 42.3 Å². The van der Waals surface area contributed by atoms with Crippen molar-refractivity contribution in [3.63, 3.8) is 0 Å². The molecule has 0 aliphatic carbocycles. The predicted molar refractivity (Wildman–Crippen MR) is 138 cm³/mol. The van der Waals surface area contributed by atoms with Crippen molar-refractivity contribution in [3.05, 3.63) is 92.5 Å². The number of halogens is 2. The van der Waals surface area contributed by atoms with Gasteiger partial charge in [-0.15, -0.1) is 0 Å². The number of hydrogen-bond donors (Lipinski definition) is 0. The van der Waals surface area contributed by atoms with E-state index in [1.807, 2.05) is 13.8 Å². The number of methoxy groups -OCH3 is 1. The average Bonchev–Trinajstić information content (AvgIpc) is 3.18. The van der Waals surface area contributed by atoms with Crippen molar-refractivity contribution in [3.8, 4) is 17.2 Å². The molecule has 1 amide bonds. The molecule has 0 saturated carbocycles. The lowest BCUT2D eigenvalue weighted by atomic mass is 9.97. The zero-order valence-corrected chi connectivity index (χ0v) is 21.1. The van der Waals surface area contributed by atoms with Crippen LogP contribution in [0.2, 0.25) is 5.02 Å². The molecule has 1 aromatic heterocycles. The first-order chi connectivity index (χ1) is 17.9. The molecule has 1 unspecified atom stereocenters. The summed E-state index contributed by atoms with van der Waals surface area (Å²) in [6, 6.07) is 12.8. The molecule has 4 aromatic rings. The molecule has 2 heterocycles. The largest absolute Gasteiger partial charge is 0.495 e. The first-order valence-electron chi connectivity index (χ1n) is 11.7. The summed E-state index contributed by atoms with van der Waals surface area (Å²) >= 11 is 6.39. The minimum absolute atomic E-state index is 0.0436. The van der Waals surface area contributed by atoms with Gasteiger partial charge >= 0.3 is 0 Å². The van der Waals surface area contributed by atoms with E-state index in [1.165, 1.54) is 24.1 Å². The molecule has 0 bridgehead atoms. The normalized spacial score (nSPS) is 14.7. The second-order valence-electron chi connectivity index (χ2n) is 8.28. The van der Waals surface area contributed by atoms with E-state index in [1.54, 1.807) is 36.4 Å². The van der Waals surface area contributed by atoms with Crippen molar-refractivity contribution in [1.29, 1.82) is 0 Å². The number of fused-ring (bicyclic) bond motifs is 2. The molecule has 1 aliphatic rings. The van der Waals surface area contributed by atoms with Crippen LogP contribution in [-0.4, -0.2) is 26.2 Å². The molecule has 0 N–H and O–H groups in total. The van der Waals surface area contributed by atoms with E-state index in [9.17, 15) is 14.0 Å². The summed E-state index contributed by atoms with van der Waals surface area (Å²) in [5.74, 6) is 0.195. The van der Waals surface area contributed by atoms with Crippen LogP contribution in [0.25, 0.3) is 11.0 Å². The van der Waals surface area contributed by atoms with Crippen molar-refractivity contribution >= 4 is 34.2 Å². The number of amides is 1. The van der Waals surface area contributed by atoms with Crippen molar-refractivity contribution in [2.45, 2.75) is 19.9 Å². The van der Waals surface area contributed by atoms with E-state index in [0.717, 1.165) is 6.07 Å². The summed E-state index contributed by atoms with van der Waals surface area (Å²) in [6.07, 6.45) is 0. The van der Waals surface area contributed by atoms with Crippen LogP contribution in [0, 0.1) is 5.82 Å². The van der Waals surface area contributed by atoms with E-state index in [2.05, 4.69) is 0 Å². The predicted octanol–water partition coefficient (Wildman–Crippen LogP) is 6.14. The lowest BCUT2D eigenvalue weighted by molar-refractivity contribution is 0.0971. The van der Waals surface area contributed by atoms with Gasteiger partial charge in [-0.05, 0) is 67.9 Å². The van der Waals surface area contributed by atoms with Crippen molar-refractivity contribution in [1.82, 2.24) is 0 Å². The van der Waals surface area contributed by atoms with E-state index >= 15 is 0 Å². The second kappa shape index (κ2) is 9.78. The molecule has 0 fully saturated rings. The average molecular weight is 524 g/mol. The summed E-state index contributed by atoms with van der Waals surface area (Å²) in [4.78, 5) is 28.9. The van der Waals surface area contributed by atoms with Gasteiger partial charge in [-0.2, -0.15) is 0 Å². The molecule has 37 heavy (non-hydrogen) atoms. The number of carbonyl (C=O) groups excluding carboxylic acids is 1. The highest BCUT2D eigenvalue weighted by Gasteiger charge is 2.44. The molecular formula is C28H23ClFNO6. The van der Waals surface area contributed by atoms with Gasteiger partial charge in [0.2, 0.25) is 5.76 Å². The third-order valence-corrected chi connectivity index (χ3v) is 6.42. The first-order valence-corrected chi connectivity index (χ1v) is 12.1. The Hall–Kier alpha value is -4.04. The Morgan fingerprint density at radius 2 is 1.68 bits per heavy atom. The molecular weight excluding hydrogens is 501 g/mol. The quantitative estimate of drug-likeness (QED) is 0.289. The van der Waals surface area contributed by atoms with Gasteiger partial charge in [0.1, 0.15) is 17.1 Å². The zero-order valence-electron chi connectivity index (χ0n) is 20.3. The van der Waals surface area contributed by atoms with Gasteiger partial charge in [0.25, 0.3) is 5.91 Å². The van der Waals surface area contributed by atoms with Crippen LogP contribution in [0.15, 0.2) is 63.8 Å².